The Morgan fingerprint density at radius 1 is 1.15 bits per heavy atom. The van der Waals surface area contributed by atoms with Crippen LogP contribution in [0.3, 0.4) is 0 Å². The molecule has 0 saturated heterocycles. The third-order valence-corrected chi connectivity index (χ3v) is 4.14. The summed E-state index contributed by atoms with van der Waals surface area (Å²) in [6.07, 6.45) is 0.858. The molecule has 0 spiro atoms. The summed E-state index contributed by atoms with van der Waals surface area (Å²) in [4.78, 5) is 25.8. The Balaban J connectivity index is 1.96. The average molecular weight is 357 g/mol. The summed E-state index contributed by atoms with van der Waals surface area (Å²) in [5.41, 5.74) is 1.97. The first-order chi connectivity index (χ1) is 12.4. The molecule has 0 bridgehead atoms. The van der Waals surface area contributed by atoms with Crippen LogP contribution in [0.1, 0.15) is 36.2 Å². The van der Waals surface area contributed by atoms with Crippen molar-refractivity contribution in [1.29, 1.82) is 0 Å². The second-order valence-electron chi connectivity index (χ2n) is 6.18. The zero-order valence-electron chi connectivity index (χ0n) is 15.3. The lowest BCUT2D eigenvalue weighted by atomic mass is 10.1. The largest absolute Gasteiger partial charge is 0.350 e. The highest BCUT2D eigenvalue weighted by Gasteiger charge is 2.12. The van der Waals surface area contributed by atoms with E-state index < -0.39 is 0 Å². The Kier molecular flexibility index (Phi) is 6.72. The fraction of sp³-hybridized carbons (Fsp3) is 0.300. The fourth-order valence-corrected chi connectivity index (χ4v) is 2.31. The van der Waals surface area contributed by atoms with E-state index in [0.29, 0.717) is 11.3 Å². The molecule has 138 valence electrons. The number of hydrogen-bond acceptors (Lipinski definition) is 2. The van der Waals surface area contributed by atoms with Gasteiger partial charge in [-0.15, -0.1) is 0 Å². The molecule has 0 heterocycles. The molecule has 26 heavy (non-hydrogen) atoms. The van der Waals surface area contributed by atoms with Crippen molar-refractivity contribution >= 4 is 17.6 Å². The van der Waals surface area contributed by atoms with E-state index >= 15 is 0 Å². The fourth-order valence-electron chi connectivity index (χ4n) is 2.31. The molecule has 0 radical (unpaired) electrons. The van der Waals surface area contributed by atoms with Crippen LogP contribution in [0.2, 0.25) is 0 Å². The molecule has 1 atom stereocenters. The first-order valence-corrected chi connectivity index (χ1v) is 8.57. The topological polar surface area (TPSA) is 61.4 Å². The standard InChI is InChI=1S/C20H24FN3O2/c1-4-14(2)23-19(25)16-7-5-6-15(12-16)13-22-20(26)24(3)18-10-8-17(21)9-11-18/h5-12,14H,4,13H2,1-3H3,(H,22,26)(H,23,25)/t14-/m0/s1. The van der Waals surface area contributed by atoms with Crippen LogP contribution in [0, 0.1) is 5.82 Å². The zero-order chi connectivity index (χ0) is 19.1. The van der Waals surface area contributed by atoms with Gasteiger partial charge >= 0.3 is 6.03 Å². The molecule has 2 rings (SSSR count). The highest BCUT2D eigenvalue weighted by Crippen LogP contribution is 2.13. The summed E-state index contributed by atoms with van der Waals surface area (Å²) in [6, 6.07) is 12.6. The maximum Gasteiger partial charge on any atom is 0.321 e. The van der Waals surface area contributed by atoms with Crippen molar-refractivity contribution in [2.45, 2.75) is 32.9 Å². The molecular weight excluding hydrogens is 333 g/mol. The minimum atomic E-state index is -0.352. The molecule has 6 heteroatoms. The van der Waals surface area contributed by atoms with Gasteiger partial charge in [0.15, 0.2) is 0 Å². The van der Waals surface area contributed by atoms with Gasteiger partial charge < -0.3 is 10.6 Å². The van der Waals surface area contributed by atoms with Crippen molar-refractivity contribution in [3.05, 3.63) is 65.5 Å². The van der Waals surface area contributed by atoms with Gasteiger partial charge in [-0.1, -0.05) is 19.1 Å². The van der Waals surface area contributed by atoms with Crippen molar-refractivity contribution in [3.8, 4) is 0 Å². The molecule has 2 aromatic carbocycles. The van der Waals surface area contributed by atoms with Gasteiger partial charge in [-0.25, -0.2) is 9.18 Å². The number of amides is 3. The van der Waals surface area contributed by atoms with Gasteiger partial charge in [0.05, 0.1) is 0 Å². The first kappa shape index (κ1) is 19.4. The lowest BCUT2D eigenvalue weighted by molar-refractivity contribution is 0.0939. The number of carbonyl (C=O) groups is 2. The monoisotopic (exact) mass is 357 g/mol. The Morgan fingerprint density at radius 2 is 1.85 bits per heavy atom. The second-order valence-corrected chi connectivity index (χ2v) is 6.18. The number of carbonyl (C=O) groups excluding carboxylic acids is 2. The van der Waals surface area contributed by atoms with Crippen LogP contribution >= 0.6 is 0 Å². The van der Waals surface area contributed by atoms with E-state index in [2.05, 4.69) is 10.6 Å². The smallest absolute Gasteiger partial charge is 0.321 e. The predicted molar refractivity (Wildman–Crippen MR) is 101 cm³/mol. The maximum atomic E-state index is 13.0. The van der Waals surface area contributed by atoms with Gasteiger partial charge in [0, 0.05) is 30.9 Å². The normalized spacial score (nSPS) is 11.5. The maximum absolute atomic E-state index is 13.0. The summed E-state index contributed by atoms with van der Waals surface area (Å²) in [7, 11) is 1.61. The van der Waals surface area contributed by atoms with Crippen molar-refractivity contribution < 1.29 is 14.0 Å². The summed E-state index contributed by atoms with van der Waals surface area (Å²) >= 11 is 0. The van der Waals surface area contributed by atoms with Crippen molar-refractivity contribution in [2.24, 2.45) is 0 Å². The molecule has 0 unspecified atom stereocenters. The minimum Gasteiger partial charge on any atom is -0.350 e. The third-order valence-electron chi connectivity index (χ3n) is 4.14. The Bertz CT molecular complexity index is 762. The number of hydrogen-bond donors (Lipinski definition) is 2. The molecule has 0 aliphatic rings. The molecular formula is C20H24FN3O2. The van der Waals surface area contributed by atoms with Gasteiger partial charge in [0.25, 0.3) is 5.91 Å². The molecule has 5 nitrogen and oxygen atoms in total. The molecule has 0 aromatic heterocycles. The highest BCUT2D eigenvalue weighted by atomic mass is 19.1. The van der Waals surface area contributed by atoms with Crippen molar-refractivity contribution in [3.63, 3.8) is 0 Å². The second kappa shape index (κ2) is 8.99. The summed E-state index contributed by atoms with van der Waals surface area (Å²) in [6.45, 7) is 4.25. The van der Waals surface area contributed by atoms with E-state index in [1.165, 1.54) is 29.2 Å². The van der Waals surface area contributed by atoms with Crippen LogP contribution in [0.5, 0.6) is 0 Å². The van der Waals surface area contributed by atoms with E-state index in [1.54, 1.807) is 25.2 Å². The summed E-state index contributed by atoms with van der Waals surface area (Å²) in [5.74, 6) is -0.481. The van der Waals surface area contributed by atoms with Gasteiger partial charge in [0.1, 0.15) is 5.82 Å². The van der Waals surface area contributed by atoms with E-state index in [4.69, 9.17) is 0 Å². The van der Waals surface area contributed by atoms with Crippen molar-refractivity contribution in [1.82, 2.24) is 10.6 Å². The first-order valence-electron chi connectivity index (χ1n) is 8.57. The minimum absolute atomic E-state index is 0.107. The predicted octanol–water partition coefficient (Wildman–Crippen LogP) is 3.70. The van der Waals surface area contributed by atoms with Gasteiger partial charge in [-0.3, -0.25) is 9.69 Å². The lowest BCUT2D eigenvalue weighted by Crippen LogP contribution is -2.37. The van der Waals surface area contributed by atoms with E-state index in [1.807, 2.05) is 19.9 Å². The number of benzene rings is 2. The van der Waals surface area contributed by atoms with Gasteiger partial charge in [0.2, 0.25) is 0 Å². The quantitative estimate of drug-likeness (QED) is 0.828. The van der Waals surface area contributed by atoms with Gasteiger partial charge in [-0.2, -0.15) is 0 Å². The van der Waals surface area contributed by atoms with Crippen LogP contribution in [0.4, 0.5) is 14.9 Å². The van der Waals surface area contributed by atoms with Crippen LogP contribution in [0.15, 0.2) is 48.5 Å². The number of nitrogens with one attached hydrogen (secondary N) is 2. The Morgan fingerprint density at radius 3 is 2.50 bits per heavy atom. The average Bonchev–Trinajstić information content (AvgIpc) is 2.66. The lowest BCUT2D eigenvalue weighted by Gasteiger charge is -2.18. The zero-order valence-corrected chi connectivity index (χ0v) is 15.3. The van der Waals surface area contributed by atoms with Crippen molar-refractivity contribution in [2.75, 3.05) is 11.9 Å². The number of halogens is 1. The van der Waals surface area contributed by atoms with E-state index in [0.717, 1.165) is 12.0 Å². The molecule has 3 amide bonds. The van der Waals surface area contributed by atoms with E-state index in [9.17, 15) is 14.0 Å². The Hall–Kier alpha value is -2.89. The van der Waals surface area contributed by atoms with Crippen LogP contribution in [-0.2, 0) is 6.54 Å². The molecule has 0 aliphatic carbocycles. The number of urea groups is 1. The SMILES string of the molecule is CC[C@H](C)NC(=O)c1cccc(CNC(=O)N(C)c2ccc(F)cc2)c1. The number of nitrogens with zero attached hydrogens (tertiary/aromatic N) is 1. The van der Waals surface area contributed by atoms with Crippen LogP contribution in [0.25, 0.3) is 0 Å². The summed E-state index contributed by atoms with van der Waals surface area (Å²) in [5, 5.41) is 5.71. The molecule has 0 fully saturated rings. The molecule has 2 aromatic rings. The molecule has 2 N–H and O–H groups in total. The Labute approximate surface area is 153 Å². The van der Waals surface area contributed by atoms with Gasteiger partial charge in [-0.05, 0) is 55.3 Å². The van der Waals surface area contributed by atoms with E-state index in [-0.39, 0.29) is 30.3 Å². The highest BCUT2D eigenvalue weighted by molar-refractivity contribution is 5.94. The summed E-state index contributed by atoms with van der Waals surface area (Å²) < 4.78 is 13.0. The molecule has 0 aliphatic heterocycles. The van der Waals surface area contributed by atoms with Crippen LogP contribution in [-0.4, -0.2) is 25.0 Å². The number of anilines is 1. The third kappa shape index (κ3) is 5.31. The number of rotatable bonds is 6. The van der Waals surface area contributed by atoms with Crippen LogP contribution < -0.4 is 15.5 Å². The molecule has 0 saturated carbocycles.